The Kier molecular flexibility index (Phi) is 5.51. The van der Waals surface area contributed by atoms with Crippen LogP contribution in [-0.2, 0) is 14.3 Å². The van der Waals surface area contributed by atoms with Crippen molar-refractivity contribution in [2.24, 2.45) is 0 Å². The molecule has 6 nitrogen and oxygen atoms in total. The number of carbonyl (C=O) groups is 2. The van der Waals surface area contributed by atoms with Crippen LogP contribution in [0.25, 0.3) is 0 Å². The number of anilines is 1. The average molecular weight is 306 g/mol. The average Bonchev–Trinajstić information content (AvgIpc) is 2.46. The zero-order valence-corrected chi connectivity index (χ0v) is 13.2. The van der Waals surface area contributed by atoms with Gasteiger partial charge in [0.15, 0.2) is 0 Å². The number of amides is 2. The molecule has 22 heavy (non-hydrogen) atoms. The number of nitrogens with zero attached hydrogens (tertiary/aromatic N) is 1. The number of ether oxygens (including phenoxy) is 2. The normalized spacial score (nSPS) is 21.5. The fourth-order valence-corrected chi connectivity index (χ4v) is 2.61. The summed E-state index contributed by atoms with van der Waals surface area (Å²) in [6.45, 7) is 4.94. The number of methoxy groups -OCH3 is 1. The Morgan fingerprint density at radius 3 is 2.55 bits per heavy atom. The van der Waals surface area contributed by atoms with Crippen LogP contribution in [0.15, 0.2) is 24.3 Å². The van der Waals surface area contributed by atoms with Crippen molar-refractivity contribution in [1.82, 2.24) is 4.90 Å². The van der Waals surface area contributed by atoms with Gasteiger partial charge in [-0.15, -0.1) is 0 Å². The van der Waals surface area contributed by atoms with E-state index in [-0.39, 0.29) is 30.6 Å². The van der Waals surface area contributed by atoms with Crippen LogP contribution in [0, 0.1) is 0 Å². The Balaban J connectivity index is 2.17. The van der Waals surface area contributed by atoms with Gasteiger partial charge in [0.2, 0.25) is 5.91 Å². The number of para-hydroxylation sites is 1. The van der Waals surface area contributed by atoms with Crippen molar-refractivity contribution in [2.45, 2.75) is 26.1 Å². The maximum atomic E-state index is 12.7. The summed E-state index contributed by atoms with van der Waals surface area (Å²) in [5.41, 5.74) is 0.981. The fraction of sp³-hybridized carbons (Fsp3) is 0.500. The Bertz CT molecular complexity index is 537. The zero-order chi connectivity index (χ0) is 16.1. The highest BCUT2D eigenvalue weighted by Gasteiger charge is 2.27. The highest BCUT2D eigenvalue weighted by molar-refractivity contribution is 6.04. The predicted octanol–water partition coefficient (Wildman–Crippen LogP) is 1.52. The van der Waals surface area contributed by atoms with Gasteiger partial charge >= 0.3 is 0 Å². The highest BCUT2D eigenvalue weighted by atomic mass is 16.5. The Morgan fingerprint density at radius 2 is 1.91 bits per heavy atom. The van der Waals surface area contributed by atoms with Gasteiger partial charge in [-0.05, 0) is 26.0 Å². The lowest BCUT2D eigenvalue weighted by atomic mass is 10.1. The number of rotatable bonds is 4. The van der Waals surface area contributed by atoms with Crippen molar-refractivity contribution in [3.8, 4) is 0 Å². The van der Waals surface area contributed by atoms with Gasteiger partial charge in [-0.25, -0.2) is 0 Å². The lowest BCUT2D eigenvalue weighted by molar-refractivity contribution is -0.119. The Morgan fingerprint density at radius 1 is 1.27 bits per heavy atom. The molecule has 0 spiro atoms. The summed E-state index contributed by atoms with van der Waals surface area (Å²) < 4.78 is 10.4. The van der Waals surface area contributed by atoms with Gasteiger partial charge in [0.05, 0.1) is 23.5 Å². The molecule has 1 heterocycles. The van der Waals surface area contributed by atoms with Crippen LogP contribution >= 0.6 is 0 Å². The van der Waals surface area contributed by atoms with Gasteiger partial charge < -0.3 is 19.7 Å². The van der Waals surface area contributed by atoms with E-state index in [0.717, 1.165) is 0 Å². The second-order valence-corrected chi connectivity index (χ2v) is 5.49. The van der Waals surface area contributed by atoms with Crippen molar-refractivity contribution in [3.63, 3.8) is 0 Å². The maximum Gasteiger partial charge on any atom is 0.256 e. The van der Waals surface area contributed by atoms with Gasteiger partial charge in [0, 0.05) is 20.2 Å². The molecular weight excluding hydrogens is 284 g/mol. The summed E-state index contributed by atoms with van der Waals surface area (Å²) in [7, 11) is 1.45. The summed E-state index contributed by atoms with van der Waals surface area (Å²) in [5, 5.41) is 2.71. The van der Waals surface area contributed by atoms with Crippen LogP contribution < -0.4 is 5.32 Å². The third-order valence-electron chi connectivity index (χ3n) is 3.41. The molecule has 0 bridgehead atoms. The number of carbonyl (C=O) groups excluding carboxylic acids is 2. The van der Waals surface area contributed by atoms with Crippen molar-refractivity contribution in [2.75, 3.05) is 32.1 Å². The molecule has 0 saturated carbocycles. The second kappa shape index (κ2) is 7.38. The molecule has 2 amide bonds. The summed E-state index contributed by atoms with van der Waals surface area (Å²) in [4.78, 5) is 26.2. The van der Waals surface area contributed by atoms with E-state index in [2.05, 4.69) is 5.32 Å². The van der Waals surface area contributed by atoms with Crippen molar-refractivity contribution < 1.29 is 19.1 Å². The van der Waals surface area contributed by atoms with E-state index in [9.17, 15) is 9.59 Å². The standard InChI is InChI=1S/C16H22N2O4/c1-11-8-18(9-12(2)22-11)16(20)13-6-4-5-7-14(13)17-15(19)10-21-3/h4-7,11-12H,8-10H2,1-3H3,(H,17,19). The van der Waals surface area contributed by atoms with Gasteiger partial charge in [-0.1, -0.05) is 12.1 Å². The summed E-state index contributed by atoms with van der Waals surface area (Å²) in [6, 6.07) is 7.00. The molecule has 1 aliphatic rings. The van der Waals surface area contributed by atoms with E-state index in [1.807, 2.05) is 13.8 Å². The molecule has 2 atom stereocenters. The van der Waals surface area contributed by atoms with Crippen LogP contribution in [0.4, 0.5) is 5.69 Å². The smallest absolute Gasteiger partial charge is 0.256 e. The first kappa shape index (κ1) is 16.5. The van der Waals surface area contributed by atoms with E-state index in [0.29, 0.717) is 24.3 Å². The largest absolute Gasteiger partial charge is 0.375 e. The number of benzene rings is 1. The van der Waals surface area contributed by atoms with E-state index >= 15 is 0 Å². The molecule has 1 aromatic rings. The molecular formula is C16H22N2O4. The first-order valence-corrected chi connectivity index (χ1v) is 7.33. The minimum absolute atomic E-state index is 0.00273. The summed E-state index contributed by atoms with van der Waals surface area (Å²) >= 11 is 0. The number of morpholine rings is 1. The van der Waals surface area contributed by atoms with Crippen LogP contribution in [0.2, 0.25) is 0 Å². The quantitative estimate of drug-likeness (QED) is 0.916. The third-order valence-corrected chi connectivity index (χ3v) is 3.41. The minimum atomic E-state index is -0.286. The topological polar surface area (TPSA) is 67.9 Å². The van der Waals surface area contributed by atoms with Crippen LogP contribution in [0.5, 0.6) is 0 Å². The maximum absolute atomic E-state index is 12.7. The second-order valence-electron chi connectivity index (χ2n) is 5.49. The molecule has 1 fully saturated rings. The van der Waals surface area contributed by atoms with Crippen LogP contribution in [-0.4, -0.2) is 55.7 Å². The molecule has 0 aliphatic carbocycles. The van der Waals surface area contributed by atoms with Crippen LogP contribution in [0.1, 0.15) is 24.2 Å². The summed E-state index contributed by atoms with van der Waals surface area (Å²) in [5.74, 6) is -0.387. The SMILES string of the molecule is COCC(=O)Nc1ccccc1C(=O)N1CC(C)OC(C)C1. The van der Waals surface area contributed by atoms with Crippen LogP contribution in [0.3, 0.4) is 0 Å². The van der Waals surface area contributed by atoms with E-state index in [1.54, 1.807) is 29.2 Å². The molecule has 1 N–H and O–H groups in total. The molecule has 1 aliphatic heterocycles. The van der Waals surface area contributed by atoms with Gasteiger partial charge in [-0.2, -0.15) is 0 Å². The molecule has 0 radical (unpaired) electrons. The molecule has 120 valence electrons. The Labute approximate surface area is 130 Å². The molecule has 1 aromatic carbocycles. The Hall–Kier alpha value is -1.92. The van der Waals surface area contributed by atoms with Gasteiger partial charge in [0.1, 0.15) is 6.61 Å². The minimum Gasteiger partial charge on any atom is -0.375 e. The molecule has 1 saturated heterocycles. The summed E-state index contributed by atoms with van der Waals surface area (Å²) in [6.07, 6.45) is 0.00545. The molecule has 2 unspecified atom stereocenters. The first-order chi connectivity index (χ1) is 10.5. The number of nitrogens with one attached hydrogen (secondary N) is 1. The highest BCUT2D eigenvalue weighted by Crippen LogP contribution is 2.20. The monoisotopic (exact) mass is 306 g/mol. The van der Waals surface area contributed by atoms with E-state index < -0.39 is 0 Å². The van der Waals surface area contributed by atoms with Gasteiger partial charge in [0.25, 0.3) is 5.91 Å². The van der Waals surface area contributed by atoms with Gasteiger partial charge in [-0.3, -0.25) is 9.59 Å². The van der Waals surface area contributed by atoms with Crippen molar-refractivity contribution in [3.05, 3.63) is 29.8 Å². The molecule has 2 rings (SSSR count). The van der Waals surface area contributed by atoms with E-state index in [4.69, 9.17) is 9.47 Å². The lowest BCUT2D eigenvalue weighted by Gasteiger charge is -2.35. The number of hydrogen-bond donors (Lipinski definition) is 1. The number of hydrogen-bond acceptors (Lipinski definition) is 4. The fourth-order valence-electron chi connectivity index (χ4n) is 2.61. The zero-order valence-electron chi connectivity index (χ0n) is 13.2. The predicted molar refractivity (Wildman–Crippen MR) is 82.9 cm³/mol. The third kappa shape index (κ3) is 4.05. The van der Waals surface area contributed by atoms with E-state index in [1.165, 1.54) is 7.11 Å². The van der Waals surface area contributed by atoms with Crippen molar-refractivity contribution in [1.29, 1.82) is 0 Å². The molecule has 6 heteroatoms. The first-order valence-electron chi connectivity index (χ1n) is 7.33. The van der Waals surface area contributed by atoms with Crippen molar-refractivity contribution >= 4 is 17.5 Å². The molecule has 0 aromatic heterocycles. The lowest BCUT2D eigenvalue weighted by Crippen LogP contribution is -2.48.